The minimum atomic E-state index is -0.269. The highest BCUT2D eigenvalue weighted by atomic mass is 32.2. The second-order valence-corrected chi connectivity index (χ2v) is 6.52. The van der Waals surface area contributed by atoms with Gasteiger partial charge in [0.15, 0.2) is 5.17 Å². The Labute approximate surface area is 156 Å². The molecule has 26 heavy (non-hydrogen) atoms. The van der Waals surface area contributed by atoms with Crippen LogP contribution in [0.5, 0.6) is 0 Å². The van der Waals surface area contributed by atoms with Crippen LogP contribution in [0.2, 0.25) is 0 Å². The molecule has 0 radical (unpaired) electrons. The van der Waals surface area contributed by atoms with Crippen LogP contribution in [0.25, 0.3) is 11.1 Å². The predicted octanol–water partition coefficient (Wildman–Crippen LogP) is 5.07. The maximum Gasteiger partial charge on any atom is 0.180 e. The molecule has 0 amide bonds. The zero-order chi connectivity index (χ0) is 18.2. The lowest BCUT2D eigenvalue weighted by Crippen LogP contribution is -2.06. The van der Waals surface area contributed by atoms with Crippen molar-refractivity contribution in [2.24, 2.45) is 15.9 Å². The van der Waals surface area contributed by atoms with Gasteiger partial charge in [-0.3, -0.25) is 0 Å². The van der Waals surface area contributed by atoms with Crippen LogP contribution in [0.1, 0.15) is 11.1 Å². The summed E-state index contributed by atoms with van der Waals surface area (Å²) in [4.78, 5) is 0. The monoisotopic (exact) mass is 363 g/mol. The number of thioether (sulfide) groups is 1. The van der Waals surface area contributed by atoms with Gasteiger partial charge in [0.2, 0.25) is 0 Å². The molecule has 3 nitrogen and oxygen atoms in total. The van der Waals surface area contributed by atoms with Crippen LogP contribution in [0.3, 0.4) is 0 Å². The Morgan fingerprint density at radius 1 is 0.885 bits per heavy atom. The average Bonchev–Trinajstić information content (AvgIpc) is 2.68. The van der Waals surface area contributed by atoms with Crippen molar-refractivity contribution in [3.63, 3.8) is 0 Å². The van der Waals surface area contributed by atoms with Gasteiger partial charge in [-0.15, -0.1) is 5.10 Å². The molecule has 130 valence electrons. The van der Waals surface area contributed by atoms with Gasteiger partial charge in [-0.1, -0.05) is 84.6 Å². The number of nitrogens with two attached hydrogens (primary N) is 1. The molecule has 0 aromatic heterocycles. The van der Waals surface area contributed by atoms with Gasteiger partial charge in [-0.25, -0.2) is 4.39 Å². The molecule has 0 aliphatic carbocycles. The van der Waals surface area contributed by atoms with Crippen molar-refractivity contribution < 1.29 is 4.39 Å². The lowest BCUT2D eigenvalue weighted by Gasteiger charge is -2.06. The fourth-order valence-corrected chi connectivity index (χ4v) is 3.05. The summed E-state index contributed by atoms with van der Waals surface area (Å²) in [6, 6.07) is 24.2. The molecule has 3 rings (SSSR count). The molecule has 0 unspecified atom stereocenters. The molecule has 5 heteroatoms. The minimum absolute atomic E-state index is 0.269. The first-order chi connectivity index (χ1) is 12.7. The highest BCUT2D eigenvalue weighted by Gasteiger charge is 2.07. The third kappa shape index (κ3) is 4.80. The third-order valence-electron chi connectivity index (χ3n) is 3.71. The van der Waals surface area contributed by atoms with E-state index in [1.54, 1.807) is 18.3 Å². The number of amidine groups is 1. The molecular weight excluding hydrogens is 345 g/mol. The van der Waals surface area contributed by atoms with Crippen molar-refractivity contribution >= 4 is 23.1 Å². The Kier molecular flexibility index (Phi) is 6.17. The van der Waals surface area contributed by atoms with Gasteiger partial charge < -0.3 is 5.73 Å². The van der Waals surface area contributed by atoms with E-state index >= 15 is 0 Å². The Hall–Kier alpha value is -2.92. The molecule has 0 atom stereocenters. The number of halogens is 1. The maximum atomic E-state index is 14.1. The topological polar surface area (TPSA) is 50.7 Å². The lowest BCUT2D eigenvalue weighted by molar-refractivity contribution is 0.631. The van der Waals surface area contributed by atoms with Crippen molar-refractivity contribution in [2.45, 2.75) is 5.75 Å². The Bertz CT molecular complexity index is 923. The molecule has 0 aliphatic rings. The van der Waals surface area contributed by atoms with Crippen LogP contribution in [0.4, 0.5) is 4.39 Å². The Morgan fingerprint density at radius 2 is 1.54 bits per heavy atom. The van der Waals surface area contributed by atoms with Crippen molar-refractivity contribution in [3.8, 4) is 11.1 Å². The summed E-state index contributed by atoms with van der Waals surface area (Å²) in [6.45, 7) is 0. The molecule has 3 aromatic rings. The molecule has 0 spiro atoms. The fourth-order valence-electron chi connectivity index (χ4n) is 2.44. The number of nitrogens with zero attached hydrogens (tertiary/aromatic N) is 2. The summed E-state index contributed by atoms with van der Waals surface area (Å²) in [5, 5.41) is 8.47. The van der Waals surface area contributed by atoms with Gasteiger partial charge in [0.1, 0.15) is 5.82 Å². The summed E-state index contributed by atoms with van der Waals surface area (Å²) in [7, 11) is 0. The summed E-state index contributed by atoms with van der Waals surface area (Å²) in [5.74, 6) is 0.465. The first-order valence-corrected chi connectivity index (χ1v) is 9.10. The molecule has 0 fully saturated rings. The quantitative estimate of drug-likeness (QED) is 0.391. The second kappa shape index (κ2) is 8.97. The molecule has 0 saturated carbocycles. The number of benzene rings is 3. The Morgan fingerprint density at radius 3 is 2.31 bits per heavy atom. The zero-order valence-electron chi connectivity index (χ0n) is 14.0. The van der Waals surface area contributed by atoms with E-state index in [1.165, 1.54) is 23.4 Å². The van der Waals surface area contributed by atoms with Crippen LogP contribution in [-0.2, 0) is 5.75 Å². The van der Waals surface area contributed by atoms with Crippen LogP contribution < -0.4 is 5.73 Å². The summed E-state index contributed by atoms with van der Waals surface area (Å²) in [5.41, 5.74) is 9.15. The van der Waals surface area contributed by atoms with Crippen LogP contribution >= 0.6 is 11.8 Å². The van der Waals surface area contributed by atoms with Gasteiger partial charge >= 0.3 is 0 Å². The molecule has 2 N–H and O–H groups in total. The van der Waals surface area contributed by atoms with E-state index in [9.17, 15) is 4.39 Å². The smallest absolute Gasteiger partial charge is 0.180 e. The largest absolute Gasteiger partial charge is 0.377 e. The van der Waals surface area contributed by atoms with Gasteiger partial charge in [-0.2, -0.15) is 5.10 Å². The highest BCUT2D eigenvalue weighted by Crippen LogP contribution is 2.25. The number of rotatable bonds is 5. The van der Waals surface area contributed by atoms with E-state index in [4.69, 9.17) is 5.73 Å². The van der Waals surface area contributed by atoms with Gasteiger partial charge in [-0.05, 0) is 17.2 Å². The molecule has 3 aromatic carbocycles. The van der Waals surface area contributed by atoms with Crippen molar-refractivity contribution in [1.29, 1.82) is 0 Å². The molecule has 0 heterocycles. The zero-order valence-corrected chi connectivity index (χ0v) is 14.9. The van der Waals surface area contributed by atoms with E-state index in [0.29, 0.717) is 10.7 Å². The van der Waals surface area contributed by atoms with Gasteiger partial charge in [0.25, 0.3) is 0 Å². The van der Waals surface area contributed by atoms with E-state index in [-0.39, 0.29) is 5.82 Å². The first kappa shape index (κ1) is 17.9. The van der Waals surface area contributed by atoms with E-state index in [1.807, 2.05) is 60.7 Å². The van der Waals surface area contributed by atoms with Crippen LogP contribution in [0, 0.1) is 5.82 Å². The van der Waals surface area contributed by atoms with Crippen molar-refractivity contribution in [1.82, 2.24) is 0 Å². The van der Waals surface area contributed by atoms with Gasteiger partial charge in [0.05, 0.1) is 6.21 Å². The minimum Gasteiger partial charge on any atom is -0.377 e. The predicted molar refractivity (Wildman–Crippen MR) is 109 cm³/mol. The summed E-state index contributed by atoms with van der Waals surface area (Å²) in [6.07, 6.45) is 1.59. The van der Waals surface area contributed by atoms with Crippen molar-refractivity contribution in [3.05, 3.63) is 95.8 Å². The standard InChI is InChI=1S/C21H18FN3S/c22-20-13-7-6-12-19(20)18-11-5-4-10-17(18)14-24-25-21(23)26-15-16-8-2-1-3-9-16/h1-14H,15H2,(H2,23,25). The third-order valence-corrected chi connectivity index (χ3v) is 4.56. The highest BCUT2D eigenvalue weighted by molar-refractivity contribution is 8.13. The molecule has 0 saturated heterocycles. The summed E-state index contributed by atoms with van der Waals surface area (Å²) >= 11 is 1.42. The Balaban J connectivity index is 1.72. The molecule has 0 aliphatic heterocycles. The van der Waals surface area contributed by atoms with E-state index in [0.717, 1.165) is 16.9 Å². The number of hydrogen-bond donors (Lipinski definition) is 1. The lowest BCUT2D eigenvalue weighted by atomic mass is 10.00. The number of hydrogen-bond acceptors (Lipinski definition) is 3. The van der Waals surface area contributed by atoms with Crippen molar-refractivity contribution in [2.75, 3.05) is 0 Å². The maximum absolute atomic E-state index is 14.1. The summed E-state index contributed by atoms with van der Waals surface area (Å²) < 4.78 is 14.1. The van der Waals surface area contributed by atoms with Gasteiger partial charge in [0, 0.05) is 16.9 Å². The van der Waals surface area contributed by atoms with Crippen LogP contribution in [-0.4, -0.2) is 11.4 Å². The fraction of sp³-hybridized carbons (Fsp3) is 0.0476. The molecule has 0 bridgehead atoms. The van der Waals surface area contributed by atoms with Crippen LogP contribution in [0.15, 0.2) is 89.1 Å². The normalized spacial score (nSPS) is 11.8. The SMILES string of the molecule is NC(=NN=Cc1ccccc1-c1ccccc1F)SCc1ccccc1. The van der Waals surface area contributed by atoms with E-state index < -0.39 is 0 Å². The first-order valence-electron chi connectivity index (χ1n) is 8.11. The molecular formula is C21H18FN3S. The average molecular weight is 363 g/mol. The second-order valence-electron chi connectivity index (χ2n) is 5.52. The van der Waals surface area contributed by atoms with E-state index in [2.05, 4.69) is 10.2 Å².